The van der Waals surface area contributed by atoms with E-state index in [0.29, 0.717) is 6.04 Å². The molecule has 3 rings (SSSR count). The second-order valence-corrected chi connectivity index (χ2v) is 5.44. The van der Waals surface area contributed by atoms with Gasteiger partial charge in [0.2, 0.25) is 0 Å². The Balaban J connectivity index is 1.63. The summed E-state index contributed by atoms with van der Waals surface area (Å²) in [5.74, 6) is 0.975. The van der Waals surface area contributed by atoms with Crippen molar-refractivity contribution in [2.45, 2.75) is 63.1 Å². The van der Waals surface area contributed by atoms with Gasteiger partial charge in [-0.1, -0.05) is 0 Å². The van der Waals surface area contributed by atoms with E-state index in [1.165, 1.54) is 45.1 Å². The second-order valence-electron chi connectivity index (χ2n) is 5.44. The molecular formula is C12H21NO. The molecule has 3 fully saturated rings. The van der Waals surface area contributed by atoms with Crippen LogP contribution in [0.3, 0.4) is 0 Å². The molecule has 0 aromatic heterocycles. The summed E-state index contributed by atoms with van der Waals surface area (Å²) in [5, 5.41) is 9.93. The van der Waals surface area contributed by atoms with Gasteiger partial charge in [-0.05, 0) is 50.9 Å². The fourth-order valence-corrected chi connectivity index (χ4v) is 2.87. The minimum absolute atomic E-state index is 0.0191. The summed E-state index contributed by atoms with van der Waals surface area (Å²) in [6.07, 6.45) is 9.14. The molecule has 0 radical (unpaired) electrons. The highest BCUT2D eigenvalue weighted by atomic mass is 16.3. The maximum atomic E-state index is 9.93. The standard InChI is InChI=1S/C12H21NO/c14-12-3-1-2-11(12)13(10-6-7-10)8-9-4-5-9/h9-12,14H,1-8H2. The van der Waals surface area contributed by atoms with Crippen LogP contribution in [0.4, 0.5) is 0 Å². The summed E-state index contributed by atoms with van der Waals surface area (Å²) in [6, 6.07) is 1.36. The van der Waals surface area contributed by atoms with Crippen LogP contribution < -0.4 is 0 Å². The molecule has 80 valence electrons. The van der Waals surface area contributed by atoms with Gasteiger partial charge in [0.15, 0.2) is 0 Å². The van der Waals surface area contributed by atoms with Crippen LogP contribution in [0.15, 0.2) is 0 Å². The monoisotopic (exact) mass is 195 g/mol. The van der Waals surface area contributed by atoms with Crippen molar-refractivity contribution in [2.75, 3.05) is 6.54 Å². The molecule has 0 aromatic rings. The van der Waals surface area contributed by atoms with E-state index in [9.17, 15) is 5.11 Å². The average Bonchev–Trinajstić information content (AvgIpc) is 3.04. The molecule has 0 amide bonds. The van der Waals surface area contributed by atoms with E-state index in [0.717, 1.165) is 18.4 Å². The smallest absolute Gasteiger partial charge is 0.0695 e. The first kappa shape index (κ1) is 9.17. The summed E-state index contributed by atoms with van der Waals surface area (Å²) < 4.78 is 0. The molecule has 2 atom stereocenters. The van der Waals surface area contributed by atoms with Crippen molar-refractivity contribution in [3.8, 4) is 0 Å². The van der Waals surface area contributed by atoms with Crippen LogP contribution in [0.1, 0.15) is 44.9 Å². The number of aliphatic hydroxyl groups excluding tert-OH is 1. The largest absolute Gasteiger partial charge is 0.391 e. The molecule has 3 saturated carbocycles. The van der Waals surface area contributed by atoms with Gasteiger partial charge in [0.1, 0.15) is 0 Å². The van der Waals surface area contributed by atoms with Gasteiger partial charge in [0, 0.05) is 18.6 Å². The highest BCUT2D eigenvalue weighted by Gasteiger charge is 2.41. The lowest BCUT2D eigenvalue weighted by atomic mass is 10.1. The van der Waals surface area contributed by atoms with Gasteiger partial charge in [-0.15, -0.1) is 0 Å². The van der Waals surface area contributed by atoms with Crippen molar-refractivity contribution < 1.29 is 5.11 Å². The molecule has 0 heterocycles. The maximum absolute atomic E-state index is 9.93. The van der Waals surface area contributed by atoms with Crippen LogP contribution in [-0.2, 0) is 0 Å². The van der Waals surface area contributed by atoms with Gasteiger partial charge in [0.25, 0.3) is 0 Å². The molecule has 3 aliphatic rings. The highest BCUT2D eigenvalue weighted by Crippen LogP contribution is 2.39. The lowest BCUT2D eigenvalue weighted by Crippen LogP contribution is -2.43. The zero-order chi connectivity index (χ0) is 9.54. The molecule has 2 nitrogen and oxygen atoms in total. The Kier molecular flexibility index (Phi) is 2.29. The summed E-state index contributed by atoms with van der Waals surface area (Å²) >= 11 is 0. The van der Waals surface area contributed by atoms with Crippen molar-refractivity contribution in [1.29, 1.82) is 0 Å². The molecular weight excluding hydrogens is 174 g/mol. The second kappa shape index (κ2) is 3.49. The highest BCUT2D eigenvalue weighted by molar-refractivity contribution is 4.96. The van der Waals surface area contributed by atoms with Crippen molar-refractivity contribution in [3.05, 3.63) is 0 Å². The Bertz CT molecular complexity index is 210. The third-order valence-corrected chi connectivity index (χ3v) is 4.05. The van der Waals surface area contributed by atoms with Crippen molar-refractivity contribution in [2.24, 2.45) is 5.92 Å². The van der Waals surface area contributed by atoms with E-state index >= 15 is 0 Å². The lowest BCUT2D eigenvalue weighted by Gasteiger charge is -2.31. The van der Waals surface area contributed by atoms with Crippen LogP contribution in [0.5, 0.6) is 0 Å². The minimum atomic E-state index is -0.0191. The van der Waals surface area contributed by atoms with Crippen LogP contribution >= 0.6 is 0 Å². The van der Waals surface area contributed by atoms with E-state index in [1.807, 2.05) is 0 Å². The van der Waals surface area contributed by atoms with Gasteiger partial charge in [0.05, 0.1) is 6.10 Å². The molecule has 0 bridgehead atoms. The van der Waals surface area contributed by atoms with E-state index in [-0.39, 0.29) is 6.10 Å². The molecule has 0 spiro atoms. The normalized spacial score (nSPS) is 38.1. The Morgan fingerprint density at radius 3 is 2.29 bits per heavy atom. The fourth-order valence-electron chi connectivity index (χ4n) is 2.87. The molecule has 0 aromatic carbocycles. The van der Waals surface area contributed by atoms with Crippen molar-refractivity contribution in [3.63, 3.8) is 0 Å². The van der Waals surface area contributed by atoms with E-state index < -0.39 is 0 Å². The summed E-state index contributed by atoms with van der Waals surface area (Å²) in [7, 11) is 0. The molecule has 2 unspecified atom stereocenters. The summed E-state index contributed by atoms with van der Waals surface area (Å²) in [4.78, 5) is 2.65. The van der Waals surface area contributed by atoms with Crippen LogP contribution in [0, 0.1) is 5.92 Å². The third-order valence-electron chi connectivity index (χ3n) is 4.05. The first-order chi connectivity index (χ1) is 6.84. The van der Waals surface area contributed by atoms with E-state index in [4.69, 9.17) is 0 Å². The Morgan fingerprint density at radius 1 is 1.00 bits per heavy atom. The Hall–Kier alpha value is -0.0800. The maximum Gasteiger partial charge on any atom is 0.0695 e. The molecule has 0 aliphatic heterocycles. The lowest BCUT2D eigenvalue weighted by molar-refractivity contribution is 0.0625. The van der Waals surface area contributed by atoms with Gasteiger partial charge in [-0.3, -0.25) is 4.90 Å². The third kappa shape index (κ3) is 1.82. The van der Waals surface area contributed by atoms with Crippen LogP contribution in [-0.4, -0.2) is 34.7 Å². The van der Waals surface area contributed by atoms with Crippen molar-refractivity contribution in [1.82, 2.24) is 4.90 Å². The van der Waals surface area contributed by atoms with Crippen molar-refractivity contribution >= 4 is 0 Å². The number of rotatable bonds is 4. The minimum Gasteiger partial charge on any atom is -0.391 e. The van der Waals surface area contributed by atoms with Crippen LogP contribution in [0.2, 0.25) is 0 Å². The summed E-state index contributed by atoms with van der Waals surface area (Å²) in [6.45, 7) is 1.28. The SMILES string of the molecule is OC1CCCC1N(CC1CC1)C1CC1. The quantitative estimate of drug-likeness (QED) is 0.739. The van der Waals surface area contributed by atoms with Gasteiger partial charge < -0.3 is 5.11 Å². The number of nitrogens with zero attached hydrogens (tertiary/aromatic N) is 1. The molecule has 2 heteroatoms. The van der Waals surface area contributed by atoms with Gasteiger partial charge in [-0.2, -0.15) is 0 Å². The van der Waals surface area contributed by atoms with E-state index in [1.54, 1.807) is 0 Å². The molecule has 3 aliphatic carbocycles. The predicted octanol–water partition coefficient (Wildman–Crippen LogP) is 1.77. The average molecular weight is 195 g/mol. The molecule has 14 heavy (non-hydrogen) atoms. The predicted molar refractivity (Wildman–Crippen MR) is 56.1 cm³/mol. The zero-order valence-electron chi connectivity index (χ0n) is 8.86. The zero-order valence-corrected chi connectivity index (χ0v) is 8.86. The number of hydrogen-bond donors (Lipinski definition) is 1. The Labute approximate surface area is 86.3 Å². The number of aliphatic hydroxyl groups is 1. The topological polar surface area (TPSA) is 23.5 Å². The molecule has 1 N–H and O–H groups in total. The van der Waals surface area contributed by atoms with Gasteiger partial charge in [-0.25, -0.2) is 0 Å². The number of hydrogen-bond acceptors (Lipinski definition) is 2. The first-order valence-corrected chi connectivity index (χ1v) is 6.28. The summed E-state index contributed by atoms with van der Waals surface area (Å²) in [5.41, 5.74) is 0. The van der Waals surface area contributed by atoms with E-state index in [2.05, 4.69) is 4.90 Å². The Morgan fingerprint density at radius 2 is 1.79 bits per heavy atom. The fraction of sp³-hybridized carbons (Fsp3) is 1.00. The van der Waals surface area contributed by atoms with Gasteiger partial charge >= 0.3 is 0 Å². The first-order valence-electron chi connectivity index (χ1n) is 6.28. The molecule has 0 saturated heterocycles. The van der Waals surface area contributed by atoms with Crippen LogP contribution in [0.25, 0.3) is 0 Å².